The lowest BCUT2D eigenvalue weighted by atomic mass is 10.1. The molecule has 0 N–H and O–H groups in total. The van der Waals surface area contributed by atoms with Crippen LogP contribution in [0.1, 0.15) is 29.4 Å². The van der Waals surface area contributed by atoms with Crippen molar-refractivity contribution < 1.29 is 9.32 Å². The summed E-state index contributed by atoms with van der Waals surface area (Å²) in [5.41, 5.74) is 4.11. The number of rotatable bonds is 3. The molecule has 1 aliphatic rings. The van der Waals surface area contributed by atoms with E-state index in [1.54, 1.807) is 0 Å². The molecule has 5 heteroatoms. The summed E-state index contributed by atoms with van der Waals surface area (Å²) in [5, 5.41) is 4.07. The van der Waals surface area contributed by atoms with Crippen LogP contribution in [0.2, 0.25) is 0 Å². The number of hydrogen-bond acceptors (Lipinski definition) is 4. The van der Waals surface area contributed by atoms with Gasteiger partial charge in [0.15, 0.2) is 0 Å². The van der Waals surface area contributed by atoms with Gasteiger partial charge in [-0.2, -0.15) is 4.98 Å². The summed E-state index contributed by atoms with van der Waals surface area (Å²) in [4.78, 5) is 18.9. The van der Waals surface area contributed by atoms with E-state index >= 15 is 0 Å². The Hall–Kier alpha value is -2.95. The van der Waals surface area contributed by atoms with Gasteiger partial charge in [-0.15, -0.1) is 0 Å². The molecule has 126 valence electrons. The van der Waals surface area contributed by atoms with E-state index in [9.17, 15) is 4.79 Å². The van der Waals surface area contributed by atoms with E-state index in [4.69, 9.17) is 4.52 Å². The summed E-state index contributed by atoms with van der Waals surface area (Å²) in [7, 11) is 0. The normalized spacial score (nSPS) is 17.3. The van der Waals surface area contributed by atoms with Crippen molar-refractivity contribution in [3.63, 3.8) is 0 Å². The maximum atomic E-state index is 12.5. The fraction of sp³-hybridized carbons (Fsp3) is 0.250. The zero-order chi connectivity index (χ0) is 17.4. The molecular weight excluding hydrogens is 314 g/mol. The van der Waals surface area contributed by atoms with Crippen LogP contribution in [0.15, 0.2) is 53.1 Å². The van der Waals surface area contributed by atoms with Gasteiger partial charge in [0.2, 0.25) is 17.6 Å². The van der Waals surface area contributed by atoms with Crippen molar-refractivity contribution in [2.75, 3.05) is 11.4 Å². The van der Waals surface area contributed by atoms with Gasteiger partial charge in [-0.25, -0.2) is 0 Å². The molecule has 3 aromatic rings. The molecule has 0 radical (unpaired) electrons. The van der Waals surface area contributed by atoms with Gasteiger partial charge in [-0.05, 0) is 31.0 Å². The molecule has 1 aliphatic heterocycles. The predicted octanol–water partition coefficient (Wildman–Crippen LogP) is 3.87. The first-order chi connectivity index (χ1) is 12.1. The number of hydrogen-bond donors (Lipinski definition) is 0. The Balaban J connectivity index is 1.59. The second-order valence-corrected chi connectivity index (χ2v) is 6.52. The van der Waals surface area contributed by atoms with Crippen LogP contribution in [0.5, 0.6) is 0 Å². The Morgan fingerprint density at radius 3 is 2.72 bits per heavy atom. The number of aryl methyl sites for hydroxylation is 2. The molecule has 1 aromatic heterocycles. The SMILES string of the molecule is Cc1ccc(C)c(N2CC(c3nc(-c4ccccc4)no3)CC2=O)c1. The number of amides is 1. The summed E-state index contributed by atoms with van der Waals surface area (Å²) in [6, 6.07) is 15.9. The second-order valence-electron chi connectivity index (χ2n) is 6.52. The van der Waals surface area contributed by atoms with Crippen molar-refractivity contribution in [1.82, 2.24) is 10.1 Å². The van der Waals surface area contributed by atoms with Gasteiger partial charge in [-0.1, -0.05) is 47.6 Å². The Labute approximate surface area is 146 Å². The molecule has 2 aromatic carbocycles. The summed E-state index contributed by atoms with van der Waals surface area (Å²) in [6.45, 7) is 4.63. The smallest absolute Gasteiger partial charge is 0.232 e. The zero-order valence-electron chi connectivity index (χ0n) is 14.3. The molecule has 0 spiro atoms. The molecule has 1 atom stereocenters. The fourth-order valence-corrected chi connectivity index (χ4v) is 3.22. The van der Waals surface area contributed by atoms with Crippen LogP contribution in [0, 0.1) is 13.8 Å². The monoisotopic (exact) mass is 333 g/mol. The molecule has 0 saturated carbocycles. The van der Waals surface area contributed by atoms with Crippen LogP contribution in [-0.4, -0.2) is 22.6 Å². The second kappa shape index (κ2) is 6.16. The lowest BCUT2D eigenvalue weighted by molar-refractivity contribution is -0.117. The highest BCUT2D eigenvalue weighted by atomic mass is 16.5. The maximum Gasteiger partial charge on any atom is 0.232 e. The third kappa shape index (κ3) is 2.93. The molecule has 25 heavy (non-hydrogen) atoms. The van der Waals surface area contributed by atoms with Crippen LogP contribution in [0.4, 0.5) is 5.69 Å². The van der Waals surface area contributed by atoms with E-state index in [0.29, 0.717) is 24.7 Å². The van der Waals surface area contributed by atoms with E-state index in [2.05, 4.69) is 22.3 Å². The number of carbonyl (C=O) groups excluding carboxylic acids is 1. The summed E-state index contributed by atoms with van der Waals surface area (Å²) >= 11 is 0. The summed E-state index contributed by atoms with van der Waals surface area (Å²) < 4.78 is 5.45. The van der Waals surface area contributed by atoms with E-state index < -0.39 is 0 Å². The van der Waals surface area contributed by atoms with Crippen molar-refractivity contribution in [3.05, 3.63) is 65.5 Å². The fourth-order valence-electron chi connectivity index (χ4n) is 3.22. The van der Waals surface area contributed by atoms with Gasteiger partial charge in [-0.3, -0.25) is 4.79 Å². The largest absolute Gasteiger partial charge is 0.339 e. The lowest BCUT2D eigenvalue weighted by Gasteiger charge is -2.19. The highest BCUT2D eigenvalue weighted by Crippen LogP contribution is 2.33. The number of aromatic nitrogens is 2. The molecule has 1 unspecified atom stereocenters. The number of benzene rings is 2. The molecule has 4 rings (SSSR count). The van der Waals surface area contributed by atoms with Crippen molar-refractivity contribution >= 4 is 11.6 Å². The topological polar surface area (TPSA) is 59.2 Å². The number of nitrogens with zero attached hydrogens (tertiary/aromatic N) is 3. The summed E-state index contributed by atoms with van der Waals surface area (Å²) in [6.07, 6.45) is 0.393. The van der Waals surface area contributed by atoms with Gasteiger partial charge in [0, 0.05) is 24.2 Å². The first-order valence-corrected chi connectivity index (χ1v) is 8.38. The maximum absolute atomic E-state index is 12.5. The van der Waals surface area contributed by atoms with Gasteiger partial charge >= 0.3 is 0 Å². The van der Waals surface area contributed by atoms with Crippen LogP contribution in [0.3, 0.4) is 0 Å². The van der Waals surface area contributed by atoms with Crippen LogP contribution >= 0.6 is 0 Å². The summed E-state index contributed by atoms with van der Waals surface area (Å²) in [5.74, 6) is 1.11. The predicted molar refractivity (Wildman–Crippen MR) is 95.4 cm³/mol. The molecule has 5 nitrogen and oxygen atoms in total. The van der Waals surface area contributed by atoms with Gasteiger partial charge in [0.05, 0.1) is 5.92 Å². The highest BCUT2D eigenvalue weighted by molar-refractivity contribution is 5.97. The Kier molecular flexibility index (Phi) is 3.84. The van der Waals surface area contributed by atoms with E-state index in [1.807, 2.05) is 55.1 Å². The number of carbonyl (C=O) groups is 1. The number of anilines is 1. The Morgan fingerprint density at radius 1 is 1.12 bits per heavy atom. The van der Waals surface area contributed by atoms with Crippen LogP contribution in [-0.2, 0) is 4.79 Å². The van der Waals surface area contributed by atoms with Crippen molar-refractivity contribution in [3.8, 4) is 11.4 Å². The van der Waals surface area contributed by atoms with Gasteiger partial charge < -0.3 is 9.42 Å². The minimum absolute atomic E-state index is 0.0719. The van der Waals surface area contributed by atoms with E-state index in [1.165, 1.54) is 0 Å². The Morgan fingerprint density at radius 2 is 1.92 bits per heavy atom. The molecule has 1 saturated heterocycles. The molecule has 0 bridgehead atoms. The lowest BCUT2D eigenvalue weighted by Crippen LogP contribution is -2.25. The van der Waals surface area contributed by atoms with Crippen LogP contribution in [0.25, 0.3) is 11.4 Å². The quantitative estimate of drug-likeness (QED) is 0.730. The van der Waals surface area contributed by atoms with Crippen molar-refractivity contribution in [1.29, 1.82) is 0 Å². The van der Waals surface area contributed by atoms with Crippen molar-refractivity contribution in [2.45, 2.75) is 26.2 Å². The third-order valence-corrected chi connectivity index (χ3v) is 4.60. The third-order valence-electron chi connectivity index (χ3n) is 4.60. The molecular formula is C20H19N3O2. The minimum Gasteiger partial charge on any atom is -0.339 e. The van der Waals surface area contributed by atoms with Gasteiger partial charge in [0.25, 0.3) is 0 Å². The highest BCUT2D eigenvalue weighted by Gasteiger charge is 2.35. The Bertz CT molecular complexity index is 918. The van der Waals surface area contributed by atoms with E-state index in [0.717, 1.165) is 22.4 Å². The molecule has 1 amide bonds. The van der Waals surface area contributed by atoms with Gasteiger partial charge in [0.1, 0.15) is 0 Å². The minimum atomic E-state index is -0.0719. The standard InChI is InChI=1S/C20H19N3O2/c1-13-8-9-14(2)17(10-13)23-12-16(11-18(23)24)20-21-19(22-25-20)15-6-4-3-5-7-15/h3-10,16H,11-12H2,1-2H3. The average molecular weight is 333 g/mol. The first kappa shape index (κ1) is 15.6. The molecule has 1 fully saturated rings. The molecule has 0 aliphatic carbocycles. The van der Waals surface area contributed by atoms with Crippen LogP contribution < -0.4 is 4.90 Å². The zero-order valence-corrected chi connectivity index (χ0v) is 14.3. The molecule has 2 heterocycles. The first-order valence-electron chi connectivity index (χ1n) is 8.38. The average Bonchev–Trinajstić information content (AvgIpc) is 3.25. The van der Waals surface area contributed by atoms with E-state index in [-0.39, 0.29) is 11.8 Å². The van der Waals surface area contributed by atoms with Crippen molar-refractivity contribution in [2.24, 2.45) is 0 Å².